The lowest BCUT2D eigenvalue weighted by Gasteiger charge is -2.30. The molecule has 1 aliphatic rings. The Bertz CT molecular complexity index is 934. The van der Waals surface area contributed by atoms with Crippen LogP contribution in [0.2, 0.25) is 0 Å². The highest BCUT2D eigenvalue weighted by molar-refractivity contribution is 14.1. The lowest BCUT2D eigenvalue weighted by molar-refractivity contribution is -0.120. The number of rotatable bonds is 4. The van der Waals surface area contributed by atoms with Crippen molar-refractivity contribution in [2.24, 2.45) is 5.92 Å². The highest BCUT2D eigenvalue weighted by Gasteiger charge is 2.32. The second-order valence-electron chi connectivity index (χ2n) is 6.92. The molecule has 0 saturated carbocycles. The van der Waals surface area contributed by atoms with E-state index in [0.717, 1.165) is 20.4 Å². The van der Waals surface area contributed by atoms with Crippen molar-refractivity contribution < 1.29 is 13.2 Å². The average Bonchev–Trinajstić information content (AvgIpc) is 2.66. The summed E-state index contributed by atoms with van der Waals surface area (Å²) in [6, 6.07) is 12.8. The Hall–Kier alpha value is -1.45. The minimum atomic E-state index is -3.51. The van der Waals surface area contributed by atoms with E-state index in [-0.39, 0.29) is 11.8 Å². The van der Waals surface area contributed by atoms with Crippen LogP contribution in [-0.4, -0.2) is 31.7 Å². The van der Waals surface area contributed by atoms with Crippen LogP contribution >= 0.6 is 22.6 Å². The largest absolute Gasteiger partial charge is 0.326 e. The topological polar surface area (TPSA) is 66.5 Å². The SMILES string of the molecule is Cc1ccc(S(=O)(=O)N2CCC(C(=O)Nc3ccc(I)cc3)CC2)cc1C. The standard InChI is InChI=1S/C20H23IN2O3S/c1-14-3-8-19(13-15(14)2)27(25,26)23-11-9-16(10-12-23)20(24)22-18-6-4-17(21)5-7-18/h3-8,13,16H,9-12H2,1-2H3,(H,22,24). The summed E-state index contributed by atoms with van der Waals surface area (Å²) in [7, 11) is -3.51. The number of anilines is 1. The Morgan fingerprint density at radius 1 is 1.04 bits per heavy atom. The normalized spacial score (nSPS) is 16.3. The summed E-state index contributed by atoms with van der Waals surface area (Å²) in [5.41, 5.74) is 2.80. The van der Waals surface area contributed by atoms with Crippen molar-refractivity contribution in [2.75, 3.05) is 18.4 Å². The Morgan fingerprint density at radius 2 is 1.67 bits per heavy atom. The van der Waals surface area contributed by atoms with Gasteiger partial charge in [0, 0.05) is 28.3 Å². The van der Waals surface area contributed by atoms with Crippen molar-refractivity contribution in [3.05, 3.63) is 57.2 Å². The van der Waals surface area contributed by atoms with Crippen molar-refractivity contribution in [1.82, 2.24) is 4.31 Å². The second kappa shape index (κ2) is 8.28. The molecule has 0 unspecified atom stereocenters. The number of carbonyl (C=O) groups excluding carboxylic acids is 1. The third-order valence-electron chi connectivity index (χ3n) is 5.05. The molecular formula is C20H23IN2O3S. The zero-order valence-corrected chi connectivity index (χ0v) is 18.4. The fourth-order valence-electron chi connectivity index (χ4n) is 3.16. The smallest absolute Gasteiger partial charge is 0.243 e. The summed E-state index contributed by atoms with van der Waals surface area (Å²) in [6.07, 6.45) is 1.06. The summed E-state index contributed by atoms with van der Waals surface area (Å²) < 4.78 is 28.3. The first-order valence-corrected chi connectivity index (χ1v) is 11.4. The molecule has 0 aromatic heterocycles. The number of carbonyl (C=O) groups is 1. The minimum absolute atomic E-state index is 0.0422. The maximum absolute atomic E-state index is 12.9. The summed E-state index contributed by atoms with van der Waals surface area (Å²) in [5.74, 6) is -0.213. The van der Waals surface area contributed by atoms with Crippen LogP contribution in [0.1, 0.15) is 24.0 Å². The van der Waals surface area contributed by atoms with Crippen LogP contribution in [0.3, 0.4) is 0 Å². The predicted octanol–water partition coefficient (Wildman–Crippen LogP) is 3.95. The molecule has 0 spiro atoms. The van der Waals surface area contributed by atoms with Gasteiger partial charge in [-0.1, -0.05) is 6.07 Å². The van der Waals surface area contributed by atoms with Crippen LogP contribution in [0.25, 0.3) is 0 Å². The van der Waals surface area contributed by atoms with Crippen LogP contribution in [0.5, 0.6) is 0 Å². The number of amides is 1. The van der Waals surface area contributed by atoms with E-state index in [0.29, 0.717) is 30.8 Å². The summed E-state index contributed by atoms with van der Waals surface area (Å²) in [5, 5.41) is 2.93. The van der Waals surface area contributed by atoms with E-state index in [4.69, 9.17) is 0 Å². The van der Waals surface area contributed by atoms with E-state index in [1.54, 1.807) is 12.1 Å². The maximum Gasteiger partial charge on any atom is 0.243 e. The van der Waals surface area contributed by atoms with E-state index in [2.05, 4.69) is 27.9 Å². The van der Waals surface area contributed by atoms with Crippen molar-refractivity contribution >= 4 is 44.2 Å². The molecule has 0 bridgehead atoms. The molecular weight excluding hydrogens is 475 g/mol. The van der Waals surface area contributed by atoms with Gasteiger partial charge in [-0.15, -0.1) is 0 Å². The lowest BCUT2D eigenvalue weighted by Crippen LogP contribution is -2.41. The third-order valence-corrected chi connectivity index (χ3v) is 7.67. The van der Waals surface area contributed by atoms with Crippen LogP contribution in [-0.2, 0) is 14.8 Å². The van der Waals surface area contributed by atoms with Gasteiger partial charge in [-0.25, -0.2) is 8.42 Å². The molecule has 1 aliphatic heterocycles. The molecule has 27 heavy (non-hydrogen) atoms. The van der Waals surface area contributed by atoms with Crippen LogP contribution in [0.15, 0.2) is 47.4 Å². The minimum Gasteiger partial charge on any atom is -0.326 e. The lowest BCUT2D eigenvalue weighted by atomic mass is 9.97. The molecule has 1 heterocycles. The van der Waals surface area contributed by atoms with Gasteiger partial charge < -0.3 is 5.32 Å². The second-order valence-corrected chi connectivity index (χ2v) is 10.1. The molecule has 3 rings (SSSR count). The molecule has 0 atom stereocenters. The highest BCUT2D eigenvalue weighted by atomic mass is 127. The number of hydrogen-bond acceptors (Lipinski definition) is 3. The van der Waals surface area contributed by atoms with Crippen molar-refractivity contribution in [3.63, 3.8) is 0 Å². The van der Waals surface area contributed by atoms with E-state index in [9.17, 15) is 13.2 Å². The van der Waals surface area contributed by atoms with Gasteiger partial charge in [0.05, 0.1) is 4.90 Å². The molecule has 144 valence electrons. The van der Waals surface area contributed by atoms with Gasteiger partial charge in [0.1, 0.15) is 0 Å². The Kier molecular flexibility index (Phi) is 6.22. The van der Waals surface area contributed by atoms with E-state index < -0.39 is 10.0 Å². The molecule has 2 aromatic rings. The summed E-state index contributed by atoms with van der Waals surface area (Å²) in [6.45, 7) is 4.60. The fourth-order valence-corrected chi connectivity index (χ4v) is 5.07. The van der Waals surface area contributed by atoms with Gasteiger partial charge in [-0.2, -0.15) is 4.31 Å². The number of benzene rings is 2. The van der Waals surface area contributed by atoms with Gasteiger partial charge in [0.2, 0.25) is 15.9 Å². The number of aryl methyl sites for hydroxylation is 2. The molecule has 0 radical (unpaired) electrons. The monoisotopic (exact) mass is 498 g/mol. The fraction of sp³-hybridized carbons (Fsp3) is 0.350. The number of sulfonamides is 1. The quantitative estimate of drug-likeness (QED) is 0.650. The zero-order valence-electron chi connectivity index (χ0n) is 15.4. The molecule has 1 N–H and O–H groups in total. The van der Waals surface area contributed by atoms with Gasteiger partial charge >= 0.3 is 0 Å². The van der Waals surface area contributed by atoms with Gasteiger partial charge in [-0.3, -0.25) is 4.79 Å². The predicted molar refractivity (Wildman–Crippen MR) is 115 cm³/mol. The first kappa shape index (κ1) is 20.3. The van der Waals surface area contributed by atoms with Gasteiger partial charge in [0.25, 0.3) is 0 Å². The third kappa shape index (κ3) is 4.70. The number of nitrogens with zero attached hydrogens (tertiary/aromatic N) is 1. The van der Waals surface area contributed by atoms with Gasteiger partial charge in [0.15, 0.2) is 0 Å². The molecule has 1 saturated heterocycles. The van der Waals surface area contributed by atoms with Crippen LogP contribution < -0.4 is 5.32 Å². The number of nitrogens with one attached hydrogen (secondary N) is 1. The molecule has 0 aliphatic carbocycles. The first-order valence-electron chi connectivity index (χ1n) is 8.91. The molecule has 2 aromatic carbocycles. The van der Waals surface area contributed by atoms with E-state index in [1.165, 1.54) is 4.31 Å². The molecule has 1 fully saturated rings. The molecule has 1 amide bonds. The Morgan fingerprint density at radius 3 is 2.26 bits per heavy atom. The van der Waals surface area contributed by atoms with Gasteiger partial charge in [-0.05, 0) is 96.8 Å². The number of piperidine rings is 1. The van der Waals surface area contributed by atoms with Crippen molar-refractivity contribution in [2.45, 2.75) is 31.6 Å². The Balaban J connectivity index is 1.63. The van der Waals surface area contributed by atoms with Crippen molar-refractivity contribution in [3.8, 4) is 0 Å². The van der Waals surface area contributed by atoms with Crippen molar-refractivity contribution in [1.29, 1.82) is 0 Å². The van der Waals surface area contributed by atoms with E-state index >= 15 is 0 Å². The maximum atomic E-state index is 12.9. The molecule has 7 heteroatoms. The summed E-state index contributed by atoms with van der Waals surface area (Å²) in [4.78, 5) is 12.8. The number of halogens is 1. The first-order chi connectivity index (χ1) is 12.8. The van der Waals surface area contributed by atoms with E-state index in [1.807, 2.05) is 44.2 Å². The number of hydrogen-bond donors (Lipinski definition) is 1. The van der Waals surface area contributed by atoms with Crippen LogP contribution in [0.4, 0.5) is 5.69 Å². The molecule has 5 nitrogen and oxygen atoms in total. The van der Waals surface area contributed by atoms with Crippen LogP contribution in [0, 0.1) is 23.3 Å². The Labute approximate surface area is 174 Å². The average molecular weight is 498 g/mol. The highest BCUT2D eigenvalue weighted by Crippen LogP contribution is 2.26. The summed E-state index contributed by atoms with van der Waals surface area (Å²) >= 11 is 2.22. The zero-order chi connectivity index (χ0) is 19.6.